The summed E-state index contributed by atoms with van der Waals surface area (Å²) in [6.07, 6.45) is 1.42. The minimum absolute atomic E-state index is 0.0991. The number of nitrogens with two attached hydrogens (primary N) is 1. The number of aromatic amines is 1. The van der Waals surface area contributed by atoms with Crippen LogP contribution >= 0.6 is 11.3 Å². The van der Waals surface area contributed by atoms with Crippen molar-refractivity contribution in [3.8, 4) is 0 Å². The lowest BCUT2D eigenvalue weighted by atomic mass is 10.2. The van der Waals surface area contributed by atoms with Crippen LogP contribution in [0.25, 0.3) is 0 Å². The van der Waals surface area contributed by atoms with Gasteiger partial charge >= 0.3 is 0 Å². The van der Waals surface area contributed by atoms with Gasteiger partial charge in [0, 0.05) is 4.88 Å². The summed E-state index contributed by atoms with van der Waals surface area (Å²) in [5, 5.41) is 10.1. The molecule has 0 saturated heterocycles. The lowest BCUT2D eigenvalue weighted by Gasteiger charge is -2.12. The molecule has 0 aliphatic rings. The Labute approximate surface area is 109 Å². The Bertz CT molecular complexity index is 574. The quantitative estimate of drug-likeness (QED) is 0.784. The van der Waals surface area contributed by atoms with Gasteiger partial charge in [0.15, 0.2) is 0 Å². The highest BCUT2D eigenvalue weighted by Gasteiger charge is 2.18. The zero-order valence-corrected chi connectivity index (χ0v) is 11.3. The van der Waals surface area contributed by atoms with Crippen LogP contribution in [0, 0.1) is 13.8 Å². The third kappa shape index (κ3) is 2.35. The molecule has 0 bridgehead atoms. The van der Waals surface area contributed by atoms with Gasteiger partial charge in [-0.2, -0.15) is 5.10 Å². The van der Waals surface area contributed by atoms with Crippen LogP contribution in [0.4, 0.5) is 5.82 Å². The first-order valence-corrected chi connectivity index (χ1v) is 6.34. The number of carbonyl (C=O) groups excluding carboxylic acids is 1. The highest BCUT2D eigenvalue weighted by atomic mass is 32.1. The number of nitrogen functional groups attached to an aromatic ring is 1. The number of H-pyrrole nitrogens is 1. The average molecular weight is 265 g/mol. The van der Waals surface area contributed by atoms with Crippen LogP contribution in [0.3, 0.4) is 0 Å². The van der Waals surface area contributed by atoms with E-state index in [1.54, 1.807) is 11.3 Å². The van der Waals surface area contributed by atoms with Gasteiger partial charge in [-0.25, -0.2) is 4.98 Å². The predicted octanol–water partition coefficient (Wildman–Crippen LogP) is 1.56. The van der Waals surface area contributed by atoms with Crippen molar-refractivity contribution in [1.29, 1.82) is 0 Å². The monoisotopic (exact) mass is 265 g/mol. The van der Waals surface area contributed by atoms with E-state index in [2.05, 4.69) is 20.5 Å². The SMILES string of the molecule is Cc1nc(C)c(C(C)NC(=O)c2cn[nH]c2N)s1. The van der Waals surface area contributed by atoms with E-state index in [-0.39, 0.29) is 17.8 Å². The van der Waals surface area contributed by atoms with E-state index in [1.807, 2.05) is 20.8 Å². The van der Waals surface area contributed by atoms with Gasteiger partial charge in [-0.1, -0.05) is 0 Å². The molecule has 7 heteroatoms. The molecule has 0 aliphatic heterocycles. The molecule has 1 unspecified atom stereocenters. The zero-order chi connectivity index (χ0) is 13.3. The Morgan fingerprint density at radius 1 is 1.56 bits per heavy atom. The summed E-state index contributed by atoms with van der Waals surface area (Å²) >= 11 is 1.59. The smallest absolute Gasteiger partial charge is 0.257 e. The first-order valence-electron chi connectivity index (χ1n) is 5.52. The van der Waals surface area contributed by atoms with E-state index in [0.717, 1.165) is 15.6 Å². The topological polar surface area (TPSA) is 96.7 Å². The van der Waals surface area contributed by atoms with Crippen molar-refractivity contribution in [2.75, 3.05) is 5.73 Å². The van der Waals surface area contributed by atoms with Crippen LogP contribution in [-0.2, 0) is 0 Å². The fourth-order valence-corrected chi connectivity index (χ4v) is 2.70. The van der Waals surface area contributed by atoms with Gasteiger partial charge in [-0.15, -0.1) is 11.3 Å². The molecule has 18 heavy (non-hydrogen) atoms. The first-order chi connectivity index (χ1) is 8.49. The van der Waals surface area contributed by atoms with Crippen molar-refractivity contribution < 1.29 is 4.79 Å². The number of carbonyl (C=O) groups is 1. The number of hydrogen-bond donors (Lipinski definition) is 3. The molecule has 0 aromatic carbocycles. The normalized spacial score (nSPS) is 12.4. The van der Waals surface area contributed by atoms with Crippen LogP contribution in [0.15, 0.2) is 6.20 Å². The molecular formula is C11H15N5OS. The standard InChI is InChI=1S/C11H15N5OS/c1-5-9(18-7(3)14-5)6(2)15-11(17)8-4-13-16-10(8)12/h4,6H,1-3H3,(H,15,17)(H3,12,13,16). The third-order valence-corrected chi connectivity index (χ3v) is 3.85. The Kier molecular flexibility index (Phi) is 3.33. The summed E-state index contributed by atoms with van der Waals surface area (Å²) in [7, 11) is 0. The Hall–Kier alpha value is -1.89. The van der Waals surface area contributed by atoms with Crippen LogP contribution in [0.5, 0.6) is 0 Å². The maximum absolute atomic E-state index is 12.0. The minimum atomic E-state index is -0.237. The van der Waals surface area contributed by atoms with E-state index >= 15 is 0 Å². The minimum Gasteiger partial charge on any atom is -0.383 e. The molecule has 1 amide bonds. The predicted molar refractivity (Wildman–Crippen MR) is 70.5 cm³/mol. The van der Waals surface area contributed by atoms with Gasteiger partial charge in [0.1, 0.15) is 11.4 Å². The number of aromatic nitrogens is 3. The molecule has 0 aliphatic carbocycles. The van der Waals surface area contributed by atoms with Crippen LogP contribution < -0.4 is 11.1 Å². The molecule has 4 N–H and O–H groups in total. The van der Waals surface area contributed by atoms with Crippen LogP contribution in [0.1, 0.15) is 38.9 Å². The van der Waals surface area contributed by atoms with Gasteiger partial charge in [0.25, 0.3) is 5.91 Å². The molecule has 0 spiro atoms. The van der Waals surface area contributed by atoms with Crippen molar-refractivity contribution >= 4 is 23.1 Å². The molecule has 0 fully saturated rings. The van der Waals surface area contributed by atoms with Gasteiger partial charge in [-0.05, 0) is 20.8 Å². The molecular weight excluding hydrogens is 250 g/mol. The van der Waals surface area contributed by atoms with Crippen LogP contribution in [-0.4, -0.2) is 21.1 Å². The highest BCUT2D eigenvalue weighted by Crippen LogP contribution is 2.24. The lowest BCUT2D eigenvalue weighted by molar-refractivity contribution is 0.0941. The molecule has 6 nitrogen and oxygen atoms in total. The highest BCUT2D eigenvalue weighted by molar-refractivity contribution is 7.11. The van der Waals surface area contributed by atoms with Crippen molar-refractivity contribution in [1.82, 2.24) is 20.5 Å². The molecule has 2 aromatic heterocycles. The average Bonchev–Trinajstić information content (AvgIpc) is 2.84. The third-order valence-electron chi connectivity index (χ3n) is 2.59. The van der Waals surface area contributed by atoms with E-state index in [0.29, 0.717) is 5.56 Å². The van der Waals surface area contributed by atoms with Gasteiger partial charge in [-0.3, -0.25) is 9.89 Å². The molecule has 2 heterocycles. The van der Waals surface area contributed by atoms with Crippen molar-refractivity contribution in [3.63, 3.8) is 0 Å². The van der Waals surface area contributed by atoms with Gasteiger partial charge in [0.05, 0.1) is 22.9 Å². The second-order valence-corrected chi connectivity index (χ2v) is 5.31. The summed E-state index contributed by atoms with van der Waals surface area (Å²) in [5.41, 5.74) is 6.91. The maximum Gasteiger partial charge on any atom is 0.257 e. The Balaban J connectivity index is 2.13. The van der Waals surface area contributed by atoms with E-state index in [1.165, 1.54) is 6.20 Å². The number of aryl methyl sites for hydroxylation is 2. The fourth-order valence-electron chi connectivity index (χ4n) is 1.77. The number of nitrogens with zero attached hydrogens (tertiary/aromatic N) is 2. The summed E-state index contributed by atoms with van der Waals surface area (Å²) < 4.78 is 0. The summed E-state index contributed by atoms with van der Waals surface area (Å²) in [5.74, 6) is 0.0381. The van der Waals surface area contributed by atoms with E-state index in [9.17, 15) is 4.79 Å². The molecule has 0 saturated carbocycles. The molecule has 2 rings (SSSR count). The number of rotatable bonds is 3. The second kappa shape index (κ2) is 4.77. The molecule has 96 valence electrons. The maximum atomic E-state index is 12.0. The zero-order valence-electron chi connectivity index (χ0n) is 10.4. The van der Waals surface area contributed by atoms with Crippen molar-refractivity contribution in [3.05, 3.63) is 27.3 Å². The lowest BCUT2D eigenvalue weighted by Crippen LogP contribution is -2.26. The van der Waals surface area contributed by atoms with Crippen molar-refractivity contribution in [2.45, 2.75) is 26.8 Å². The summed E-state index contributed by atoms with van der Waals surface area (Å²) in [4.78, 5) is 17.4. The number of anilines is 1. The molecule has 1 atom stereocenters. The summed E-state index contributed by atoms with van der Waals surface area (Å²) in [6, 6.07) is -0.0991. The fraction of sp³-hybridized carbons (Fsp3) is 0.364. The molecule has 0 radical (unpaired) electrons. The Morgan fingerprint density at radius 2 is 2.28 bits per heavy atom. The van der Waals surface area contributed by atoms with E-state index < -0.39 is 0 Å². The number of hydrogen-bond acceptors (Lipinski definition) is 5. The number of thiazole rings is 1. The largest absolute Gasteiger partial charge is 0.383 e. The second-order valence-electron chi connectivity index (χ2n) is 4.08. The molecule has 2 aromatic rings. The summed E-state index contributed by atoms with van der Waals surface area (Å²) in [6.45, 7) is 5.81. The number of nitrogens with one attached hydrogen (secondary N) is 2. The number of amides is 1. The van der Waals surface area contributed by atoms with Crippen LogP contribution in [0.2, 0.25) is 0 Å². The van der Waals surface area contributed by atoms with Gasteiger partial charge < -0.3 is 11.1 Å². The Morgan fingerprint density at radius 3 is 2.78 bits per heavy atom. The van der Waals surface area contributed by atoms with E-state index in [4.69, 9.17) is 5.73 Å². The van der Waals surface area contributed by atoms with Gasteiger partial charge in [0.2, 0.25) is 0 Å². The van der Waals surface area contributed by atoms with Crippen molar-refractivity contribution in [2.24, 2.45) is 0 Å². The first kappa shape index (κ1) is 12.6.